The van der Waals surface area contributed by atoms with Crippen LogP contribution >= 0.6 is 0 Å². The minimum Gasteiger partial charge on any atom is -0.381 e. The van der Waals surface area contributed by atoms with E-state index < -0.39 is 0 Å². The summed E-state index contributed by atoms with van der Waals surface area (Å²) in [4.78, 5) is 0. The minimum absolute atomic E-state index is 0.740. The summed E-state index contributed by atoms with van der Waals surface area (Å²) in [7, 11) is 0. The summed E-state index contributed by atoms with van der Waals surface area (Å²) in [5, 5.41) is 3.35. The summed E-state index contributed by atoms with van der Waals surface area (Å²) < 4.78 is 10.9. The van der Waals surface area contributed by atoms with Gasteiger partial charge in [-0.2, -0.15) is 0 Å². The van der Waals surface area contributed by atoms with Crippen LogP contribution in [0.5, 0.6) is 0 Å². The molecule has 16 heavy (non-hydrogen) atoms. The topological polar surface area (TPSA) is 30.5 Å². The summed E-state index contributed by atoms with van der Waals surface area (Å²) in [5.74, 6) is 0.740. The maximum atomic E-state index is 5.50. The zero-order chi connectivity index (χ0) is 12.1. The molecule has 0 amide bonds. The molecule has 0 aliphatic heterocycles. The van der Waals surface area contributed by atoms with Crippen LogP contribution in [-0.2, 0) is 9.47 Å². The van der Waals surface area contributed by atoms with Crippen LogP contribution in [0.15, 0.2) is 0 Å². The quantitative estimate of drug-likeness (QED) is 0.523. The second kappa shape index (κ2) is 12.9. The van der Waals surface area contributed by atoms with Gasteiger partial charge < -0.3 is 14.8 Å². The second-order valence-corrected chi connectivity index (χ2v) is 4.51. The Balaban J connectivity index is 2.88. The Morgan fingerprint density at radius 3 is 2.38 bits per heavy atom. The van der Waals surface area contributed by atoms with Crippen LogP contribution in [0.3, 0.4) is 0 Å². The number of ether oxygens (including phenoxy) is 2. The van der Waals surface area contributed by atoms with E-state index in [1.165, 1.54) is 0 Å². The SMILES string of the molecule is CCCOCCCNCCOCCC(C)C. The van der Waals surface area contributed by atoms with E-state index in [1.54, 1.807) is 0 Å². The van der Waals surface area contributed by atoms with Crippen molar-refractivity contribution in [1.82, 2.24) is 5.32 Å². The van der Waals surface area contributed by atoms with Crippen LogP contribution in [-0.4, -0.2) is 39.5 Å². The maximum absolute atomic E-state index is 5.50. The number of hydrogen-bond acceptors (Lipinski definition) is 3. The summed E-state index contributed by atoms with van der Waals surface area (Å²) >= 11 is 0. The third kappa shape index (κ3) is 13.9. The first-order valence-electron chi connectivity index (χ1n) is 6.63. The van der Waals surface area contributed by atoms with E-state index in [0.717, 1.165) is 64.7 Å². The lowest BCUT2D eigenvalue weighted by atomic mass is 10.1. The van der Waals surface area contributed by atoms with Crippen molar-refractivity contribution < 1.29 is 9.47 Å². The highest BCUT2D eigenvalue weighted by atomic mass is 16.5. The first-order valence-corrected chi connectivity index (χ1v) is 6.63. The first-order chi connectivity index (χ1) is 7.77. The van der Waals surface area contributed by atoms with E-state index in [4.69, 9.17) is 9.47 Å². The molecule has 0 saturated heterocycles. The lowest BCUT2D eigenvalue weighted by Crippen LogP contribution is -2.22. The van der Waals surface area contributed by atoms with E-state index >= 15 is 0 Å². The molecule has 0 fully saturated rings. The summed E-state index contributed by atoms with van der Waals surface area (Å²) in [5.41, 5.74) is 0. The molecule has 0 heterocycles. The predicted molar refractivity (Wildman–Crippen MR) is 68.9 cm³/mol. The average Bonchev–Trinajstić information content (AvgIpc) is 2.25. The molecule has 0 aromatic rings. The highest BCUT2D eigenvalue weighted by Crippen LogP contribution is 1.98. The van der Waals surface area contributed by atoms with Crippen LogP contribution in [0.1, 0.15) is 40.0 Å². The van der Waals surface area contributed by atoms with Gasteiger partial charge in [0.15, 0.2) is 0 Å². The summed E-state index contributed by atoms with van der Waals surface area (Å²) in [6.45, 7) is 12.0. The van der Waals surface area contributed by atoms with E-state index in [9.17, 15) is 0 Å². The highest BCUT2D eigenvalue weighted by Gasteiger charge is 1.94. The molecule has 0 spiro atoms. The van der Waals surface area contributed by atoms with Crippen LogP contribution in [0.2, 0.25) is 0 Å². The van der Waals surface area contributed by atoms with E-state index in [1.807, 2.05) is 0 Å². The number of rotatable bonds is 12. The van der Waals surface area contributed by atoms with Crippen molar-refractivity contribution in [2.24, 2.45) is 5.92 Å². The molecular weight excluding hydrogens is 202 g/mol. The van der Waals surface area contributed by atoms with Crippen molar-refractivity contribution in [3.63, 3.8) is 0 Å². The van der Waals surface area contributed by atoms with Gasteiger partial charge in [-0.05, 0) is 31.7 Å². The molecule has 0 radical (unpaired) electrons. The van der Waals surface area contributed by atoms with Gasteiger partial charge in [0.25, 0.3) is 0 Å². The maximum Gasteiger partial charge on any atom is 0.0590 e. The fourth-order valence-electron chi connectivity index (χ4n) is 1.24. The molecule has 0 aromatic carbocycles. The predicted octanol–water partition coefficient (Wildman–Crippen LogP) is 2.46. The average molecular weight is 231 g/mol. The standard InChI is InChI=1S/C13H29NO2/c1-4-9-15-10-5-7-14-8-12-16-11-6-13(2)3/h13-14H,4-12H2,1-3H3. The Labute approximate surface area is 101 Å². The lowest BCUT2D eigenvalue weighted by Gasteiger charge is -2.07. The molecule has 0 bridgehead atoms. The molecule has 3 heteroatoms. The smallest absolute Gasteiger partial charge is 0.0590 e. The zero-order valence-electron chi connectivity index (χ0n) is 11.3. The van der Waals surface area contributed by atoms with Gasteiger partial charge >= 0.3 is 0 Å². The van der Waals surface area contributed by atoms with Crippen LogP contribution in [0.25, 0.3) is 0 Å². The molecule has 0 aliphatic carbocycles. The zero-order valence-corrected chi connectivity index (χ0v) is 11.3. The number of nitrogens with one attached hydrogen (secondary N) is 1. The molecule has 0 unspecified atom stereocenters. The summed E-state index contributed by atoms with van der Waals surface area (Å²) in [6, 6.07) is 0. The first kappa shape index (κ1) is 15.9. The highest BCUT2D eigenvalue weighted by molar-refractivity contribution is 4.47. The van der Waals surface area contributed by atoms with Gasteiger partial charge in [-0.15, -0.1) is 0 Å². The van der Waals surface area contributed by atoms with Gasteiger partial charge in [0.1, 0.15) is 0 Å². The Hall–Kier alpha value is -0.120. The van der Waals surface area contributed by atoms with E-state index in [0.29, 0.717) is 0 Å². The van der Waals surface area contributed by atoms with Gasteiger partial charge in [-0.1, -0.05) is 20.8 Å². The normalized spacial score (nSPS) is 11.2. The third-order valence-electron chi connectivity index (χ3n) is 2.25. The van der Waals surface area contributed by atoms with Crippen molar-refractivity contribution in [1.29, 1.82) is 0 Å². The van der Waals surface area contributed by atoms with Gasteiger partial charge in [0.2, 0.25) is 0 Å². The van der Waals surface area contributed by atoms with Crippen LogP contribution in [0, 0.1) is 5.92 Å². The molecule has 98 valence electrons. The van der Waals surface area contributed by atoms with Gasteiger partial charge in [-0.3, -0.25) is 0 Å². The Morgan fingerprint density at radius 2 is 1.69 bits per heavy atom. The summed E-state index contributed by atoms with van der Waals surface area (Å²) in [6.07, 6.45) is 3.36. The van der Waals surface area contributed by atoms with Gasteiger partial charge in [-0.25, -0.2) is 0 Å². The van der Waals surface area contributed by atoms with Crippen LogP contribution in [0.4, 0.5) is 0 Å². The Morgan fingerprint density at radius 1 is 0.938 bits per heavy atom. The van der Waals surface area contributed by atoms with Crippen molar-refractivity contribution in [2.45, 2.75) is 40.0 Å². The molecule has 0 saturated carbocycles. The largest absolute Gasteiger partial charge is 0.381 e. The Kier molecular flexibility index (Phi) is 12.9. The molecule has 0 rings (SSSR count). The minimum atomic E-state index is 0.740. The molecule has 3 nitrogen and oxygen atoms in total. The molecule has 0 aliphatic rings. The lowest BCUT2D eigenvalue weighted by molar-refractivity contribution is 0.120. The van der Waals surface area contributed by atoms with Gasteiger partial charge in [0, 0.05) is 26.4 Å². The number of hydrogen-bond donors (Lipinski definition) is 1. The van der Waals surface area contributed by atoms with Crippen molar-refractivity contribution in [3.8, 4) is 0 Å². The molecule has 0 atom stereocenters. The Bertz CT molecular complexity index is 129. The molecular formula is C13H29NO2. The van der Waals surface area contributed by atoms with Gasteiger partial charge in [0.05, 0.1) is 6.61 Å². The van der Waals surface area contributed by atoms with Crippen LogP contribution < -0.4 is 5.32 Å². The monoisotopic (exact) mass is 231 g/mol. The molecule has 0 aromatic heterocycles. The van der Waals surface area contributed by atoms with E-state index in [2.05, 4.69) is 26.1 Å². The van der Waals surface area contributed by atoms with E-state index in [-0.39, 0.29) is 0 Å². The fourth-order valence-corrected chi connectivity index (χ4v) is 1.24. The van der Waals surface area contributed by atoms with Crippen molar-refractivity contribution >= 4 is 0 Å². The second-order valence-electron chi connectivity index (χ2n) is 4.51. The molecule has 1 N–H and O–H groups in total. The van der Waals surface area contributed by atoms with Crippen molar-refractivity contribution in [2.75, 3.05) is 39.5 Å². The third-order valence-corrected chi connectivity index (χ3v) is 2.25. The van der Waals surface area contributed by atoms with Crippen molar-refractivity contribution in [3.05, 3.63) is 0 Å². The fraction of sp³-hybridized carbons (Fsp3) is 1.00.